The molecule has 1 aromatic heterocycles. The second-order valence-corrected chi connectivity index (χ2v) is 11.1. The summed E-state index contributed by atoms with van der Waals surface area (Å²) in [4.78, 5) is 7.04. The molecule has 0 aliphatic carbocycles. The average Bonchev–Trinajstić information content (AvgIpc) is 2.70. The van der Waals surface area contributed by atoms with Crippen LogP contribution in [0, 0.1) is 6.07 Å². The third-order valence-electron chi connectivity index (χ3n) is 4.76. The van der Waals surface area contributed by atoms with Gasteiger partial charge in [0.1, 0.15) is 0 Å². The van der Waals surface area contributed by atoms with Crippen LogP contribution in [0.25, 0.3) is 11.3 Å². The quantitative estimate of drug-likeness (QED) is 0.330. The van der Waals surface area contributed by atoms with Crippen molar-refractivity contribution in [3.05, 3.63) is 66.9 Å². The van der Waals surface area contributed by atoms with E-state index in [9.17, 15) is 0 Å². The van der Waals surface area contributed by atoms with Crippen LogP contribution in [0.4, 0.5) is 11.4 Å². The van der Waals surface area contributed by atoms with Crippen LogP contribution < -0.4 is 13.8 Å². The number of fused-ring (bicyclic) bond motifs is 2. The van der Waals surface area contributed by atoms with Gasteiger partial charge in [0.05, 0.1) is 12.2 Å². The summed E-state index contributed by atoms with van der Waals surface area (Å²) in [5.41, 5.74) is 4.63. The summed E-state index contributed by atoms with van der Waals surface area (Å²) in [5, 5.41) is 17.1. The normalized spacial score (nSPS) is 14.2. The molecule has 1 aliphatic rings. The molecule has 0 saturated heterocycles. The molecule has 0 fully saturated rings. The summed E-state index contributed by atoms with van der Waals surface area (Å²) in [5.74, 6) is 0. The fourth-order valence-electron chi connectivity index (χ4n) is 3.64. The molecule has 2 N–H and O–H groups in total. The van der Waals surface area contributed by atoms with Gasteiger partial charge in [0.25, 0.3) is 0 Å². The van der Waals surface area contributed by atoms with Crippen LogP contribution >= 0.6 is 0 Å². The van der Waals surface area contributed by atoms with E-state index in [1.54, 1.807) is 13.8 Å². The maximum atomic E-state index is 8.56. The number of hydrogen-bond donors (Lipinski definition) is 2. The van der Waals surface area contributed by atoms with Crippen LogP contribution in [0.15, 0.2) is 60.8 Å². The van der Waals surface area contributed by atoms with E-state index >= 15 is 0 Å². The average molecular weight is 675 g/mol. The summed E-state index contributed by atoms with van der Waals surface area (Å²) in [6.45, 7) is 10.1. The first kappa shape index (κ1) is 26.7. The Kier molecular flexibility index (Phi) is 9.66. The molecule has 6 heteroatoms. The number of para-hydroxylation sites is 1. The largest absolute Gasteiger partial charge is 0.393 e. The van der Waals surface area contributed by atoms with E-state index in [1.165, 1.54) is 20.3 Å². The number of nitrogens with zero attached hydrogens (tertiary/aromatic N) is 2. The van der Waals surface area contributed by atoms with Crippen molar-refractivity contribution in [2.45, 2.75) is 58.8 Å². The third-order valence-corrected chi connectivity index (χ3v) is 7.09. The van der Waals surface area contributed by atoms with Crippen molar-refractivity contribution < 1.29 is 30.3 Å². The minimum absolute atomic E-state index is 0. The Balaban J connectivity index is 0.000000398. The maximum absolute atomic E-state index is 8.56. The first-order valence-corrected chi connectivity index (χ1v) is 12.3. The van der Waals surface area contributed by atoms with Crippen molar-refractivity contribution in [2.75, 3.05) is 4.90 Å². The van der Waals surface area contributed by atoms with Crippen LogP contribution in [0.1, 0.15) is 41.0 Å². The molecule has 1 radical (unpaired) electrons. The Labute approximate surface area is 211 Å². The molecule has 0 amide bonds. The molecule has 0 spiro atoms. The predicted molar refractivity (Wildman–Crippen MR) is 130 cm³/mol. The summed E-state index contributed by atoms with van der Waals surface area (Å²) >= 11 is 0.298. The van der Waals surface area contributed by atoms with E-state index in [0.29, 0.717) is 21.4 Å². The van der Waals surface area contributed by atoms with Crippen molar-refractivity contribution in [1.82, 2.24) is 4.98 Å². The Hall–Kier alpha value is -1.52. The van der Waals surface area contributed by atoms with Crippen molar-refractivity contribution in [1.29, 1.82) is 0 Å². The number of aliphatic hydroxyl groups excluding tert-OH is 2. The van der Waals surface area contributed by atoms with Crippen LogP contribution in [0.3, 0.4) is 0 Å². The van der Waals surface area contributed by atoms with Gasteiger partial charge in [-0.05, 0) is 20.3 Å². The van der Waals surface area contributed by atoms with Gasteiger partial charge in [-0.1, -0.05) is 0 Å². The monoisotopic (exact) mass is 676 g/mol. The molecular formula is C26H31IrN2O2Se-. The fraction of sp³-hybridized carbons (Fsp3) is 0.346. The van der Waals surface area contributed by atoms with E-state index in [2.05, 4.69) is 73.1 Å². The molecule has 173 valence electrons. The van der Waals surface area contributed by atoms with Crippen LogP contribution in [-0.4, -0.2) is 47.9 Å². The number of aliphatic hydroxyl groups is 2. The number of aromatic nitrogens is 1. The van der Waals surface area contributed by atoms with Crippen molar-refractivity contribution in [3.63, 3.8) is 0 Å². The number of rotatable bonds is 3. The SMILES string of the molecule is CC(C)(C)N1c2ccccc2[Se]c2cc[c-]c(-c3ccccn3)c21.CC(O)CC(C)O.[Ir]. The van der Waals surface area contributed by atoms with E-state index in [-0.39, 0.29) is 37.9 Å². The van der Waals surface area contributed by atoms with Gasteiger partial charge in [-0.25, -0.2) is 0 Å². The van der Waals surface area contributed by atoms with Gasteiger partial charge in [-0.2, -0.15) is 0 Å². The fourth-order valence-corrected chi connectivity index (χ4v) is 5.89. The summed E-state index contributed by atoms with van der Waals surface area (Å²) < 4.78 is 2.83. The van der Waals surface area contributed by atoms with Crippen molar-refractivity contribution in [2.24, 2.45) is 0 Å². The molecule has 1 aliphatic heterocycles. The van der Waals surface area contributed by atoms with Crippen molar-refractivity contribution in [3.8, 4) is 11.3 Å². The first-order valence-electron chi connectivity index (χ1n) is 10.6. The van der Waals surface area contributed by atoms with Crippen LogP contribution in [0.2, 0.25) is 0 Å². The standard InChI is InChI=1S/C21H19N2Se.C5H12O2.Ir/c1-21(2,3)23-17-11-4-5-12-18(17)24-19-13-8-9-15(20(19)23)16-10-6-7-14-22-16;1-4(6)3-5(2)7;/h4-8,10-14H,1-3H3;4-7H,3H2,1-2H3;/q-1;;. The number of anilines is 2. The van der Waals surface area contributed by atoms with Gasteiger partial charge in [-0.15, -0.1) is 0 Å². The topological polar surface area (TPSA) is 56.6 Å². The molecule has 0 saturated carbocycles. The van der Waals surface area contributed by atoms with Gasteiger partial charge in [0.15, 0.2) is 0 Å². The van der Waals surface area contributed by atoms with Crippen molar-refractivity contribution >= 4 is 35.3 Å². The molecule has 32 heavy (non-hydrogen) atoms. The molecule has 2 atom stereocenters. The second kappa shape index (κ2) is 11.6. The Bertz CT molecular complexity index is 998. The molecule has 2 heterocycles. The van der Waals surface area contributed by atoms with E-state index < -0.39 is 0 Å². The zero-order valence-electron chi connectivity index (χ0n) is 19.2. The second-order valence-electron chi connectivity index (χ2n) is 8.79. The number of hydrogen-bond acceptors (Lipinski definition) is 4. The molecule has 4 nitrogen and oxygen atoms in total. The van der Waals surface area contributed by atoms with Gasteiger partial charge < -0.3 is 10.2 Å². The predicted octanol–water partition coefficient (Wildman–Crippen LogP) is 3.59. The number of pyridine rings is 1. The summed E-state index contributed by atoms with van der Waals surface area (Å²) in [7, 11) is 0. The zero-order chi connectivity index (χ0) is 22.6. The summed E-state index contributed by atoms with van der Waals surface area (Å²) in [6.07, 6.45) is 1.58. The van der Waals surface area contributed by atoms with Crippen LogP contribution in [0.5, 0.6) is 0 Å². The van der Waals surface area contributed by atoms with E-state index in [4.69, 9.17) is 10.2 Å². The van der Waals surface area contributed by atoms with Crippen LogP contribution in [-0.2, 0) is 20.1 Å². The van der Waals surface area contributed by atoms with Gasteiger partial charge in [0, 0.05) is 20.1 Å². The molecule has 3 aromatic rings. The molecule has 2 aromatic carbocycles. The van der Waals surface area contributed by atoms with Gasteiger partial charge in [-0.3, -0.25) is 0 Å². The minimum Gasteiger partial charge on any atom is -0.393 e. The molecular weight excluding hydrogens is 643 g/mol. The minimum atomic E-state index is -0.375. The molecule has 4 rings (SSSR count). The smallest absolute Gasteiger partial charge is 0.0536 e. The number of benzene rings is 2. The van der Waals surface area contributed by atoms with Gasteiger partial charge >= 0.3 is 150 Å². The first-order chi connectivity index (χ1) is 14.7. The maximum Gasteiger partial charge on any atom is 0.0536 e. The third kappa shape index (κ3) is 6.51. The molecule has 2 unspecified atom stereocenters. The van der Waals surface area contributed by atoms with Gasteiger partial charge in [0.2, 0.25) is 0 Å². The summed E-state index contributed by atoms with van der Waals surface area (Å²) in [6, 6.07) is 22.5. The zero-order valence-corrected chi connectivity index (χ0v) is 23.3. The van der Waals surface area contributed by atoms with E-state index in [0.717, 1.165) is 11.3 Å². The Morgan fingerprint density at radius 3 is 2.19 bits per heavy atom. The Morgan fingerprint density at radius 2 is 1.62 bits per heavy atom. The molecule has 0 bridgehead atoms. The Morgan fingerprint density at radius 1 is 0.969 bits per heavy atom. The van der Waals surface area contributed by atoms with E-state index in [1.807, 2.05) is 24.4 Å².